The molecule has 0 aliphatic carbocycles. The summed E-state index contributed by atoms with van der Waals surface area (Å²) in [6.07, 6.45) is 5.05. The molecule has 1 atom stereocenters. The summed E-state index contributed by atoms with van der Waals surface area (Å²) in [4.78, 5) is 17.9. The van der Waals surface area contributed by atoms with E-state index in [4.69, 9.17) is 10.7 Å². The van der Waals surface area contributed by atoms with Crippen LogP contribution >= 0.6 is 0 Å². The molecule has 1 unspecified atom stereocenters. The van der Waals surface area contributed by atoms with Gasteiger partial charge in [0.25, 0.3) is 0 Å². The van der Waals surface area contributed by atoms with Crippen molar-refractivity contribution in [2.45, 2.75) is 38.5 Å². The molecule has 2 N–H and O–H groups in total. The zero-order valence-corrected chi connectivity index (χ0v) is 16.4. The average Bonchev–Trinajstić information content (AvgIpc) is 3.33. The van der Waals surface area contributed by atoms with Gasteiger partial charge in [-0.15, -0.1) is 10.2 Å². The Bertz CT molecular complexity index is 994. The Kier molecular flexibility index (Phi) is 4.98. The van der Waals surface area contributed by atoms with Gasteiger partial charge in [0.05, 0.1) is 0 Å². The highest BCUT2D eigenvalue weighted by molar-refractivity contribution is 5.93. The molecule has 3 aromatic rings. The number of nitrogens with two attached hydrogens (primary N) is 1. The van der Waals surface area contributed by atoms with Crippen molar-refractivity contribution in [1.29, 1.82) is 0 Å². The highest BCUT2D eigenvalue weighted by Gasteiger charge is 2.28. The number of hydrogen-bond donors (Lipinski definition) is 1. The first kappa shape index (κ1) is 18.4. The van der Waals surface area contributed by atoms with Crippen molar-refractivity contribution in [2.75, 3.05) is 23.7 Å². The molecule has 0 amide bonds. The van der Waals surface area contributed by atoms with Crippen molar-refractivity contribution in [3.05, 3.63) is 41.2 Å². The monoisotopic (exact) mass is 378 g/mol. The number of carbonyl (C=O) groups is 1. The van der Waals surface area contributed by atoms with E-state index in [1.165, 1.54) is 5.56 Å². The van der Waals surface area contributed by atoms with Gasteiger partial charge in [0, 0.05) is 38.0 Å². The van der Waals surface area contributed by atoms with Crippen molar-refractivity contribution >= 4 is 29.0 Å². The normalized spacial score (nSPS) is 16.8. The number of anilines is 2. The lowest BCUT2D eigenvalue weighted by Gasteiger charge is -2.19. The van der Waals surface area contributed by atoms with Crippen LogP contribution in [-0.2, 0) is 13.5 Å². The van der Waals surface area contributed by atoms with Gasteiger partial charge in [-0.2, -0.15) is 0 Å². The van der Waals surface area contributed by atoms with Crippen molar-refractivity contribution in [1.82, 2.24) is 19.7 Å². The standard InChI is InChI=1S/C21H26N6O/c1-3-4-5-17-23-18-19(26(17)2)21(25-24-20(18)22)27-11-10-16(12-27)15-8-6-14(13-28)7-9-15/h6-9,13,16H,3-5,10-12H2,1-2H3,(H2,22,24). The van der Waals surface area contributed by atoms with Crippen molar-refractivity contribution in [3.63, 3.8) is 0 Å². The topological polar surface area (TPSA) is 89.9 Å². The molecule has 0 spiro atoms. The summed E-state index contributed by atoms with van der Waals surface area (Å²) in [5, 5.41) is 8.62. The molecule has 7 nitrogen and oxygen atoms in total. The minimum atomic E-state index is 0.386. The molecule has 2 aromatic heterocycles. The second-order valence-corrected chi connectivity index (χ2v) is 7.51. The highest BCUT2D eigenvalue weighted by atomic mass is 16.1. The zero-order chi connectivity index (χ0) is 19.7. The molecule has 1 aliphatic rings. The van der Waals surface area contributed by atoms with E-state index >= 15 is 0 Å². The van der Waals surface area contributed by atoms with E-state index in [0.717, 1.165) is 67.7 Å². The molecule has 1 saturated heterocycles. The maximum atomic E-state index is 10.9. The lowest BCUT2D eigenvalue weighted by molar-refractivity contribution is 0.112. The number of aromatic nitrogens is 4. The maximum Gasteiger partial charge on any atom is 0.177 e. The number of benzene rings is 1. The lowest BCUT2D eigenvalue weighted by atomic mass is 9.97. The van der Waals surface area contributed by atoms with E-state index in [1.54, 1.807) is 0 Å². The summed E-state index contributed by atoms with van der Waals surface area (Å²) in [5.74, 6) is 2.67. The van der Waals surface area contributed by atoms with E-state index in [-0.39, 0.29) is 0 Å². The van der Waals surface area contributed by atoms with Crippen molar-refractivity contribution in [3.8, 4) is 0 Å². The van der Waals surface area contributed by atoms with Crippen molar-refractivity contribution < 1.29 is 4.79 Å². The van der Waals surface area contributed by atoms with E-state index < -0.39 is 0 Å². The third kappa shape index (κ3) is 3.21. The minimum Gasteiger partial charge on any atom is -0.380 e. The molecule has 1 aromatic carbocycles. The molecule has 1 aliphatic heterocycles. The first-order chi connectivity index (χ1) is 13.6. The highest BCUT2D eigenvalue weighted by Crippen LogP contribution is 2.34. The van der Waals surface area contributed by atoms with Crippen LogP contribution in [0, 0.1) is 0 Å². The number of carbonyl (C=O) groups excluding carboxylic acids is 1. The fraction of sp³-hybridized carbons (Fsp3) is 0.429. The zero-order valence-electron chi connectivity index (χ0n) is 16.4. The van der Waals surface area contributed by atoms with Gasteiger partial charge in [0.2, 0.25) is 0 Å². The van der Waals surface area contributed by atoms with Crippen LogP contribution in [0.25, 0.3) is 11.0 Å². The second kappa shape index (κ2) is 7.58. The number of fused-ring (bicyclic) bond motifs is 1. The number of aldehydes is 1. The van der Waals surface area contributed by atoms with Gasteiger partial charge in [-0.05, 0) is 18.4 Å². The number of hydrogen-bond acceptors (Lipinski definition) is 6. The number of imidazole rings is 1. The number of rotatable bonds is 6. The van der Waals surface area contributed by atoms with Gasteiger partial charge in [0.1, 0.15) is 23.1 Å². The van der Waals surface area contributed by atoms with Gasteiger partial charge in [-0.1, -0.05) is 37.6 Å². The Morgan fingerprint density at radius 2 is 2.04 bits per heavy atom. The van der Waals surface area contributed by atoms with Crippen LogP contribution in [0.2, 0.25) is 0 Å². The van der Waals surface area contributed by atoms with Gasteiger partial charge in [-0.25, -0.2) is 4.98 Å². The molecular formula is C21H26N6O. The SMILES string of the molecule is CCCCc1nc2c(N)nnc(N3CCC(c4ccc(C=O)cc4)C3)c2n1C. The van der Waals surface area contributed by atoms with Gasteiger partial charge >= 0.3 is 0 Å². The van der Waals surface area contributed by atoms with E-state index in [9.17, 15) is 4.79 Å². The molecule has 4 rings (SSSR count). The predicted octanol–water partition coefficient (Wildman–Crippen LogP) is 3.09. The Labute approximate surface area is 164 Å². The van der Waals surface area contributed by atoms with Crippen LogP contribution < -0.4 is 10.6 Å². The Hall–Kier alpha value is -2.96. The smallest absolute Gasteiger partial charge is 0.177 e. The van der Waals surface area contributed by atoms with E-state index in [1.807, 2.05) is 19.2 Å². The first-order valence-corrected chi connectivity index (χ1v) is 9.90. The number of nitrogens with zero attached hydrogens (tertiary/aromatic N) is 5. The Balaban J connectivity index is 1.64. The van der Waals surface area contributed by atoms with Crippen LogP contribution in [0.4, 0.5) is 11.6 Å². The first-order valence-electron chi connectivity index (χ1n) is 9.90. The lowest BCUT2D eigenvalue weighted by Crippen LogP contribution is -2.22. The molecular weight excluding hydrogens is 352 g/mol. The second-order valence-electron chi connectivity index (χ2n) is 7.51. The van der Waals surface area contributed by atoms with Crippen LogP contribution in [0.5, 0.6) is 0 Å². The Morgan fingerprint density at radius 1 is 1.25 bits per heavy atom. The molecule has 0 radical (unpaired) electrons. The largest absolute Gasteiger partial charge is 0.380 e. The average molecular weight is 378 g/mol. The summed E-state index contributed by atoms with van der Waals surface area (Å²) in [7, 11) is 2.04. The van der Waals surface area contributed by atoms with Crippen LogP contribution in [0.3, 0.4) is 0 Å². The molecule has 7 heteroatoms. The number of unbranched alkanes of at least 4 members (excludes halogenated alkanes) is 1. The van der Waals surface area contributed by atoms with Crippen LogP contribution in [-0.4, -0.2) is 39.1 Å². The Morgan fingerprint density at radius 3 is 2.75 bits per heavy atom. The van der Waals surface area contributed by atoms with Crippen molar-refractivity contribution in [2.24, 2.45) is 7.05 Å². The predicted molar refractivity (Wildman–Crippen MR) is 111 cm³/mol. The summed E-state index contributed by atoms with van der Waals surface area (Å²) in [5.41, 5.74) is 9.76. The molecule has 0 bridgehead atoms. The quantitative estimate of drug-likeness (QED) is 0.663. The van der Waals surface area contributed by atoms with Gasteiger partial charge < -0.3 is 15.2 Å². The van der Waals surface area contributed by atoms with E-state index in [2.05, 4.69) is 38.7 Å². The third-order valence-corrected chi connectivity index (χ3v) is 5.68. The molecule has 146 valence electrons. The fourth-order valence-electron chi connectivity index (χ4n) is 4.02. The van der Waals surface area contributed by atoms with Gasteiger partial charge in [-0.3, -0.25) is 4.79 Å². The molecule has 1 fully saturated rings. The van der Waals surface area contributed by atoms with Crippen LogP contribution in [0.1, 0.15) is 53.8 Å². The number of nitrogen functional groups attached to an aromatic ring is 1. The number of aryl methyl sites for hydroxylation is 2. The van der Waals surface area contributed by atoms with E-state index in [0.29, 0.717) is 17.3 Å². The van der Waals surface area contributed by atoms with Gasteiger partial charge in [0.15, 0.2) is 11.6 Å². The fourth-order valence-corrected chi connectivity index (χ4v) is 4.02. The summed E-state index contributed by atoms with van der Waals surface area (Å²) in [6.45, 7) is 3.95. The molecule has 28 heavy (non-hydrogen) atoms. The summed E-state index contributed by atoms with van der Waals surface area (Å²) < 4.78 is 2.12. The maximum absolute atomic E-state index is 10.9. The van der Waals surface area contributed by atoms with Crippen LogP contribution in [0.15, 0.2) is 24.3 Å². The molecule has 0 saturated carbocycles. The minimum absolute atomic E-state index is 0.386. The summed E-state index contributed by atoms with van der Waals surface area (Å²) >= 11 is 0. The summed E-state index contributed by atoms with van der Waals surface area (Å²) in [6, 6.07) is 7.87. The third-order valence-electron chi connectivity index (χ3n) is 5.68. The molecule has 3 heterocycles.